The number of likely N-dealkylation sites (tertiary alicyclic amines) is 1. The van der Waals surface area contributed by atoms with E-state index in [9.17, 15) is 14.4 Å². The van der Waals surface area contributed by atoms with Crippen LogP contribution < -0.4 is 0 Å². The fourth-order valence-electron chi connectivity index (χ4n) is 2.99. The average molecular weight is 351 g/mol. The molecule has 0 N–H and O–H groups in total. The van der Waals surface area contributed by atoms with Crippen LogP contribution in [0.15, 0.2) is 54.6 Å². The van der Waals surface area contributed by atoms with Crippen molar-refractivity contribution in [3.05, 3.63) is 71.3 Å². The van der Waals surface area contributed by atoms with Crippen molar-refractivity contribution >= 4 is 17.7 Å². The number of esters is 1. The van der Waals surface area contributed by atoms with Crippen molar-refractivity contribution in [2.24, 2.45) is 0 Å². The van der Waals surface area contributed by atoms with E-state index < -0.39 is 12.1 Å². The molecule has 1 amide bonds. The van der Waals surface area contributed by atoms with Crippen LogP contribution in [0.5, 0.6) is 0 Å². The Kier molecular flexibility index (Phi) is 5.46. The first-order valence-corrected chi connectivity index (χ1v) is 8.76. The SMILES string of the molecule is C[C@H](OC(=O)c1ccc(C(=O)c2ccccc2)cc1)C(=O)N1CCCC1. The molecule has 1 aliphatic rings. The Balaban J connectivity index is 1.63. The number of hydrogen-bond donors (Lipinski definition) is 0. The van der Waals surface area contributed by atoms with Crippen molar-refractivity contribution in [3.8, 4) is 0 Å². The molecule has 2 aromatic rings. The topological polar surface area (TPSA) is 63.7 Å². The molecule has 0 spiro atoms. The monoisotopic (exact) mass is 351 g/mol. The van der Waals surface area contributed by atoms with Crippen LogP contribution in [-0.2, 0) is 9.53 Å². The lowest BCUT2D eigenvalue weighted by Crippen LogP contribution is -2.38. The molecule has 5 nitrogen and oxygen atoms in total. The van der Waals surface area contributed by atoms with Crippen molar-refractivity contribution in [2.75, 3.05) is 13.1 Å². The maximum Gasteiger partial charge on any atom is 0.338 e. The Hall–Kier alpha value is -2.95. The van der Waals surface area contributed by atoms with Gasteiger partial charge in [0.2, 0.25) is 0 Å². The standard InChI is InChI=1S/C21H21NO4/c1-15(20(24)22-13-5-6-14-22)26-21(25)18-11-9-17(10-12-18)19(23)16-7-3-2-4-8-16/h2-4,7-12,15H,5-6,13-14H2,1H3/t15-/m0/s1. The zero-order valence-electron chi connectivity index (χ0n) is 14.7. The molecule has 0 unspecified atom stereocenters. The fourth-order valence-corrected chi connectivity index (χ4v) is 2.99. The van der Waals surface area contributed by atoms with E-state index in [1.54, 1.807) is 60.4 Å². The van der Waals surface area contributed by atoms with Crippen molar-refractivity contribution < 1.29 is 19.1 Å². The fraction of sp³-hybridized carbons (Fsp3) is 0.286. The molecule has 0 aromatic heterocycles. The number of hydrogen-bond acceptors (Lipinski definition) is 4. The lowest BCUT2D eigenvalue weighted by molar-refractivity contribution is -0.138. The van der Waals surface area contributed by atoms with E-state index in [2.05, 4.69) is 0 Å². The minimum Gasteiger partial charge on any atom is -0.449 e. The van der Waals surface area contributed by atoms with E-state index in [0.717, 1.165) is 25.9 Å². The van der Waals surface area contributed by atoms with Gasteiger partial charge in [-0.05, 0) is 31.9 Å². The summed E-state index contributed by atoms with van der Waals surface area (Å²) in [6.45, 7) is 3.03. The summed E-state index contributed by atoms with van der Waals surface area (Å²) in [6, 6.07) is 15.2. The smallest absolute Gasteiger partial charge is 0.338 e. The Morgan fingerprint density at radius 2 is 1.38 bits per heavy atom. The van der Waals surface area contributed by atoms with Crippen LogP contribution >= 0.6 is 0 Å². The molecule has 1 atom stereocenters. The third-order valence-electron chi connectivity index (χ3n) is 4.47. The van der Waals surface area contributed by atoms with E-state index in [-0.39, 0.29) is 11.7 Å². The highest BCUT2D eigenvalue weighted by Crippen LogP contribution is 2.14. The molecular weight excluding hydrogens is 330 g/mol. The van der Waals surface area contributed by atoms with Gasteiger partial charge in [0.1, 0.15) is 0 Å². The highest BCUT2D eigenvalue weighted by Gasteiger charge is 2.26. The highest BCUT2D eigenvalue weighted by atomic mass is 16.5. The molecule has 1 saturated heterocycles. The second kappa shape index (κ2) is 7.95. The first-order chi connectivity index (χ1) is 12.6. The molecule has 0 radical (unpaired) electrons. The molecule has 26 heavy (non-hydrogen) atoms. The van der Waals surface area contributed by atoms with E-state index in [1.165, 1.54) is 0 Å². The molecule has 0 saturated carbocycles. The van der Waals surface area contributed by atoms with E-state index >= 15 is 0 Å². The first-order valence-electron chi connectivity index (χ1n) is 8.76. The molecular formula is C21H21NO4. The van der Waals surface area contributed by atoms with Crippen LogP contribution in [0.2, 0.25) is 0 Å². The zero-order chi connectivity index (χ0) is 18.5. The third-order valence-corrected chi connectivity index (χ3v) is 4.47. The number of carbonyl (C=O) groups is 3. The molecule has 3 rings (SSSR count). The molecule has 1 fully saturated rings. The zero-order valence-corrected chi connectivity index (χ0v) is 14.7. The van der Waals surface area contributed by atoms with Gasteiger partial charge in [0, 0.05) is 24.2 Å². The van der Waals surface area contributed by atoms with E-state index in [0.29, 0.717) is 16.7 Å². The van der Waals surface area contributed by atoms with Crippen molar-refractivity contribution in [3.63, 3.8) is 0 Å². The summed E-state index contributed by atoms with van der Waals surface area (Å²) in [6.07, 6.45) is 1.17. The first kappa shape index (κ1) is 17.9. The molecule has 0 bridgehead atoms. The van der Waals surface area contributed by atoms with Gasteiger partial charge in [-0.15, -0.1) is 0 Å². The lowest BCUT2D eigenvalue weighted by Gasteiger charge is -2.20. The summed E-state index contributed by atoms with van der Waals surface area (Å²) in [5, 5.41) is 0. The molecule has 1 heterocycles. The quantitative estimate of drug-likeness (QED) is 0.613. The van der Waals surface area contributed by atoms with Crippen molar-refractivity contribution in [1.82, 2.24) is 4.90 Å². The average Bonchev–Trinajstić information content (AvgIpc) is 3.22. The summed E-state index contributed by atoms with van der Waals surface area (Å²) in [5.41, 5.74) is 1.40. The van der Waals surface area contributed by atoms with Crippen molar-refractivity contribution in [2.45, 2.75) is 25.9 Å². The third kappa shape index (κ3) is 3.99. The van der Waals surface area contributed by atoms with Crippen LogP contribution in [0, 0.1) is 0 Å². The van der Waals surface area contributed by atoms with E-state index in [1.807, 2.05) is 6.07 Å². The van der Waals surface area contributed by atoms with Gasteiger partial charge >= 0.3 is 5.97 Å². The number of carbonyl (C=O) groups excluding carboxylic acids is 3. The van der Waals surface area contributed by atoms with Gasteiger partial charge in [-0.3, -0.25) is 9.59 Å². The predicted molar refractivity (Wildman–Crippen MR) is 97.0 cm³/mol. The predicted octanol–water partition coefficient (Wildman–Crippen LogP) is 3.09. The Morgan fingerprint density at radius 3 is 2.00 bits per heavy atom. The van der Waals surface area contributed by atoms with Gasteiger partial charge in [0.05, 0.1) is 5.56 Å². The van der Waals surface area contributed by atoms with Crippen molar-refractivity contribution in [1.29, 1.82) is 0 Å². The minimum absolute atomic E-state index is 0.108. The number of amides is 1. The van der Waals surface area contributed by atoms with Gasteiger partial charge in [-0.2, -0.15) is 0 Å². The van der Waals surface area contributed by atoms with Crippen LogP contribution in [0.1, 0.15) is 46.0 Å². The Labute approximate surface area is 152 Å². The van der Waals surface area contributed by atoms with Crippen LogP contribution in [0.3, 0.4) is 0 Å². The summed E-state index contributed by atoms with van der Waals surface area (Å²) in [4.78, 5) is 38.6. The van der Waals surface area contributed by atoms with Crippen LogP contribution in [0.25, 0.3) is 0 Å². The van der Waals surface area contributed by atoms with Gasteiger partial charge in [0.15, 0.2) is 11.9 Å². The van der Waals surface area contributed by atoms with Gasteiger partial charge in [-0.1, -0.05) is 42.5 Å². The van der Waals surface area contributed by atoms with E-state index in [4.69, 9.17) is 4.74 Å². The second-order valence-corrected chi connectivity index (χ2v) is 6.35. The van der Waals surface area contributed by atoms with Gasteiger partial charge in [-0.25, -0.2) is 4.79 Å². The number of benzene rings is 2. The normalized spacial score (nSPS) is 14.7. The number of ether oxygens (including phenoxy) is 1. The number of nitrogens with zero attached hydrogens (tertiary/aromatic N) is 1. The number of ketones is 1. The Bertz CT molecular complexity index is 793. The maximum absolute atomic E-state index is 12.4. The van der Waals surface area contributed by atoms with Crippen LogP contribution in [0.4, 0.5) is 0 Å². The summed E-state index contributed by atoms with van der Waals surface area (Å²) < 4.78 is 5.28. The summed E-state index contributed by atoms with van der Waals surface area (Å²) in [5.74, 6) is -0.835. The molecule has 1 aliphatic heterocycles. The summed E-state index contributed by atoms with van der Waals surface area (Å²) >= 11 is 0. The second-order valence-electron chi connectivity index (χ2n) is 6.35. The molecule has 0 aliphatic carbocycles. The minimum atomic E-state index is -0.814. The highest BCUT2D eigenvalue weighted by molar-refractivity contribution is 6.09. The maximum atomic E-state index is 12.4. The molecule has 2 aromatic carbocycles. The largest absolute Gasteiger partial charge is 0.449 e. The number of rotatable bonds is 5. The summed E-state index contributed by atoms with van der Waals surface area (Å²) in [7, 11) is 0. The van der Waals surface area contributed by atoms with Gasteiger partial charge in [0.25, 0.3) is 5.91 Å². The van der Waals surface area contributed by atoms with Crippen LogP contribution in [-0.4, -0.2) is 41.8 Å². The van der Waals surface area contributed by atoms with Gasteiger partial charge < -0.3 is 9.64 Å². The molecule has 5 heteroatoms. The molecule has 134 valence electrons. The Morgan fingerprint density at radius 1 is 0.846 bits per heavy atom. The lowest BCUT2D eigenvalue weighted by atomic mass is 10.0.